The zero-order valence-electron chi connectivity index (χ0n) is 13.6. The SMILES string of the molecule is COc1ccc(C)cc1NC(=O)CC1CCN(C2CC2)CC1. The number of piperidine rings is 1. The molecule has 1 saturated heterocycles. The number of amides is 1. The highest BCUT2D eigenvalue weighted by molar-refractivity contribution is 5.92. The first-order valence-corrected chi connectivity index (χ1v) is 8.34. The van der Waals surface area contributed by atoms with Gasteiger partial charge in [-0.05, 0) is 69.3 Å². The third kappa shape index (κ3) is 3.80. The largest absolute Gasteiger partial charge is 0.495 e. The molecule has 2 aliphatic rings. The summed E-state index contributed by atoms with van der Waals surface area (Å²) < 4.78 is 5.32. The Kier molecular flexibility index (Phi) is 4.67. The van der Waals surface area contributed by atoms with Crippen LogP contribution in [-0.2, 0) is 4.79 Å². The lowest BCUT2D eigenvalue weighted by atomic mass is 9.93. The predicted octanol–water partition coefficient (Wildman–Crippen LogP) is 3.21. The molecule has 1 N–H and O–H groups in total. The minimum absolute atomic E-state index is 0.105. The molecular formula is C18H26N2O2. The number of ether oxygens (including phenoxy) is 1. The zero-order valence-corrected chi connectivity index (χ0v) is 13.6. The van der Waals surface area contributed by atoms with Crippen molar-refractivity contribution in [2.75, 3.05) is 25.5 Å². The van der Waals surface area contributed by atoms with Crippen LogP contribution in [0.3, 0.4) is 0 Å². The summed E-state index contributed by atoms with van der Waals surface area (Å²) >= 11 is 0. The van der Waals surface area contributed by atoms with Crippen molar-refractivity contribution in [2.24, 2.45) is 5.92 Å². The molecule has 1 amide bonds. The van der Waals surface area contributed by atoms with E-state index >= 15 is 0 Å². The lowest BCUT2D eigenvalue weighted by Gasteiger charge is -2.31. The van der Waals surface area contributed by atoms with E-state index in [0.717, 1.165) is 49.0 Å². The van der Waals surface area contributed by atoms with Crippen molar-refractivity contribution < 1.29 is 9.53 Å². The summed E-state index contributed by atoms with van der Waals surface area (Å²) in [5, 5.41) is 3.02. The molecule has 0 unspecified atom stereocenters. The number of nitrogens with one attached hydrogen (secondary N) is 1. The van der Waals surface area contributed by atoms with Crippen LogP contribution in [0, 0.1) is 12.8 Å². The van der Waals surface area contributed by atoms with E-state index in [4.69, 9.17) is 4.74 Å². The van der Waals surface area contributed by atoms with Crippen molar-refractivity contribution in [2.45, 2.75) is 45.1 Å². The maximum atomic E-state index is 12.3. The Balaban J connectivity index is 1.51. The third-order valence-corrected chi connectivity index (χ3v) is 4.82. The molecule has 0 spiro atoms. The molecule has 1 aliphatic carbocycles. The first-order valence-electron chi connectivity index (χ1n) is 8.34. The van der Waals surface area contributed by atoms with Gasteiger partial charge in [0.05, 0.1) is 12.8 Å². The number of methoxy groups -OCH3 is 1. The summed E-state index contributed by atoms with van der Waals surface area (Å²) in [7, 11) is 1.63. The van der Waals surface area contributed by atoms with Gasteiger partial charge in [-0.2, -0.15) is 0 Å². The van der Waals surface area contributed by atoms with Crippen LogP contribution in [-0.4, -0.2) is 37.0 Å². The summed E-state index contributed by atoms with van der Waals surface area (Å²) in [5.41, 5.74) is 1.90. The number of aryl methyl sites for hydroxylation is 1. The van der Waals surface area contributed by atoms with Gasteiger partial charge < -0.3 is 15.0 Å². The Hall–Kier alpha value is -1.55. The molecule has 1 aliphatic heterocycles. The normalized spacial score (nSPS) is 19.9. The lowest BCUT2D eigenvalue weighted by molar-refractivity contribution is -0.117. The molecular weight excluding hydrogens is 276 g/mol. The first kappa shape index (κ1) is 15.3. The smallest absolute Gasteiger partial charge is 0.224 e. The van der Waals surface area contributed by atoms with Gasteiger partial charge in [-0.25, -0.2) is 0 Å². The minimum atomic E-state index is 0.105. The summed E-state index contributed by atoms with van der Waals surface area (Å²) in [6.07, 6.45) is 5.66. The molecule has 1 aromatic carbocycles. The number of likely N-dealkylation sites (tertiary alicyclic amines) is 1. The highest BCUT2D eigenvalue weighted by Crippen LogP contribution is 2.32. The van der Waals surface area contributed by atoms with Crippen LogP contribution in [0.1, 0.15) is 37.7 Å². The molecule has 2 fully saturated rings. The number of carbonyl (C=O) groups is 1. The van der Waals surface area contributed by atoms with Crippen LogP contribution >= 0.6 is 0 Å². The molecule has 0 atom stereocenters. The number of hydrogen-bond acceptors (Lipinski definition) is 3. The fourth-order valence-electron chi connectivity index (χ4n) is 3.34. The molecule has 0 bridgehead atoms. The number of hydrogen-bond donors (Lipinski definition) is 1. The number of benzene rings is 1. The standard InChI is InChI=1S/C18H26N2O2/c1-13-3-6-17(22-2)16(11-13)19-18(21)12-14-7-9-20(10-8-14)15-4-5-15/h3,6,11,14-15H,4-5,7-10,12H2,1-2H3,(H,19,21). The van der Waals surface area contributed by atoms with E-state index < -0.39 is 0 Å². The average molecular weight is 302 g/mol. The van der Waals surface area contributed by atoms with Gasteiger partial charge in [0.25, 0.3) is 0 Å². The maximum absolute atomic E-state index is 12.3. The van der Waals surface area contributed by atoms with Gasteiger partial charge in [0.1, 0.15) is 5.75 Å². The number of nitrogens with zero attached hydrogens (tertiary/aromatic N) is 1. The van der Waals surface area contributed by atoms with Crippen molar-refractivity contribution in [3.8, 4) is 5.75 Å². The molecule has 4 heteroatoms. The second-order valence-corrected chi connectivity index (χ2v) is 6.67. The van der Waals surface area contributed by atoms with Crippen molar-refractivity contribution in [1.29, 1.82) is 0 Å². The second-order valence-electron chi connectivity index (χ2n) is 6.67. The van der Waals surface area contributed by atoms with Crippen molar-refractivity contribution in [1.82, 2.24) is 4.90 Å². The summed E-state index contributed by atoms with van der Waals surface area (Å²) in [5.74, 6) is 1.35. The van der Waals surface area contributed by atoms with Gasteiger partial charge in [0, 0.05) is 12.5 Å². The lowest BCUT2D eigenvalue weighted by Crippen LogP contribution is -2.36. The fourth-order valence-corrected chi connectivity index (χ4v) is 3.34. The molecule has 0 aromatic heterocycles. The van der Waals surface area contributed by atoms with Crippen LogP contribution in [0.4, 0.5) is 5.69 Å². The van der Waals surface area contributed by atoms with Crippen molar-refractivity contribution >= 4 is 11.6 Å². The number of anilines is 1. The second kappa shape index (κ2) is 6.69. The van der Waals surface area contributed by atoms with Crippen LogP contribution in [0.15, 0.2) is 18.2 Å². The van der Waals surface area contributed by atoms with Crippen molar-refractivity contribution in [3.05, 3.63) is 23.8 Å². The predicted molar refractivity (Wildman–Crippen MR) is 88.3 cm³/mol. The summed E-state index contributed by atoms with van der Waals surface area (Å²) in [4.78, 5) is 14.9. The Labute approximate surface area is 132 Å². The van der Waals surface area contributed by atoms with Crippen molar-refractivity contribution in [3.63, 3.8) is 0 Å². The van der Waals surface area contributed by atoms with E-state index in [-0.39, 0.29) is 5.91 Å². The van der Waals surface area contributed by atoms with Crippen LogP contribution in [0.2, 0.25) is 0 Å². The van der Waals surface area contributed by atoms with E-state index in [9.17, 15) is 4.79 Å². The first-order chi connectivity index (χ1) is 10.7. The van der Waals surface area contributed by atoms with E-state index in [1.54, 1.807) is 7.11 Å². The maximum Gasteiger partial charge on any atom is 0.224 e. The topological polar surface area (TPSA) is 41.6 Å². The molecule has 22 heavy (non-hydrogen) atoms. The Bertz CT molecular complexity index is 532. The highest BCUT2D eigenvalue weighted by Gasteiger charge is 2.32. The zero-order chi connectivity index (χ0) is 15.5. The highest BCUT2D eigenvalue weighted by atomic mass is 16.5. The Morgan fingerprint density at radius 1 is 1.27 bits per heavy atom. The van der Waals surface area contributed by atoms with E-state index in [2.05, 4.69) is 10.2 Å². The van der Waals surface area contributed by atoms with Crippen LogP contribution < -0.4 is 10.1 Å². The Morgan fingerprint density at radius 3 is 2.64 bits per heavy atom. The number of rotatable bonds is 5. The quantitative estimate of drug-likeness (QED) is 0.908. The van der Waals surface area contributed by atoms with E-state index in [0.29, 0.717) is 12.3 Å². The van der Waals surface area contributed by atoms with Crippen LogP contribution in [0.5, 0.6) is 5.75 Å². The summed E-state index contributed by atoms with van der Waals surface area (Å²) in [6.45, 7) is 4.34. The number of carbonyl (C=O) groups excluding carboxylic acids is 1. The van der Waals surface area contributed by atoms with E-state index in [1.807, 2.05) is 25.1 Å². The van der Waals surface area contributed by atoms with Gasteiger partial charge in [-0.15, -0.1) is 0 Å². The molecule has 1 aromatic rings. The molecule has 1 heterocycles. The van der Waals surface area contributed by atoms with Gasteiger partial charge in [-0.3, -0.25) is 4.79 Å². The minimum Gasteiger partial charge on any atom is -0.495 e. The van der Waals surface area contributed by atoms with Gasteiger partial charge in [0.15, 0.2) is 0 Å². The molecule has 4 nitrogen and oxygen atoms in total. The third-order valence-electron chi connectivity index (χ3n) is 4.82. The van der Waals surface area contributed by atoms with Gasteiger partial charge in [-0.1, -0.05) is 6.07 Å². The van der Waals surface area contributed by atoms with Gasteiger partial charge in [0.2, 0.25) is 5.91 Å². The monoisotopic (exact) mass is 302 g/mol. The average Bonchev–Trinajstić information content (AvgIpc) is 3.33. The van der Waals surface area contributed by atoms with Crippen LogP contribution in [0.25, 0.3) is 0 Å². The molecule has 1 saturated carbocycles. The fraction of sp³-hybridized carbons (Fsp3) is 0.611. The Morgan fingerprint density at radius 2 is 2.00 bits per heavy atom. The van der Waals surface area contributed by atoms with E-state index in [1.165, 1.54) is 12.8 Å². The summed E-state index contributed by atoms with van der Waals surface area (Å²) in [6, 6.07) is 6.71. The molecule has 3 rings (SSSR count). The molecule has 120 valence electrons. The van der Waals surface area contributed by atoms with Gasteiger partial charge >= 0.3 is 0 Å². The molecule has 0 radical (unpaired) electrons.